The fourth-order valence-corrected chi connectivity index (χ4v) is 3.99. The molecule has 0 aromatic heterocycles. The van der Waals surface area contributed by atoms with Gasteiger partial charge in [0.2, 0.25) is 0 Å². The van der Waals surface area contributed by atoms with Gasteiger partial charge in [-0.2, -0.15) is 0 Å². The monoisotopic (exact) mass is 444 g/mol. The van der Waals surface area contributed by atoms with Crippen molar-refractivity contribution < 1.29 is 9.18 Å². The van der Waals surface area contributed by atoms with Crippen molar-refractivity contribution in [3.63, 3.8) is 0 Å². The predicted molar refractivity (Wildman–Crippen MR) is 109 cm³/mol. The van der Waals surface area contributed by atoms with Crippen LogP contribution in [0.3, 0.4) is 0 Å². The highest BCUT2D eigenvalue weighted by Gasteiger charge is 2.34. The highest BCUT2D eigenvalue weighted by molar-refractivity contribution is 9.10. The van der Waals surface area contributed by atoms with Crippen LogP contribution in [0.5, 0.6) is 0 Å². The second-order valence-corrected chi connectivity index (χ2v) is 7.65. The van der Waals surface area contributed by atoms with E-state index in [1.807, 2.05) is 36.4 Å². The Kier molecular flexibility index (Phi) is 4.89. The first kappa shape index (κ1) is 18.0. The second kappa shape index (κ2) is 7.33. The summed E-state index contributed by atoms with van der Waals surface area (Å²) in [6.07, 6.45) is 0. The first-order chi connectivity index (χ1) is 13.0. The van der Waals surface area contributed by atoms with Gasteiger partial charge in [-0.25, -0.2) is 4.39 Å². The molecule has 3 nitrogen and oxygen atoms in total. The lowest BCUT2D eigenvalue weighted by molar-refractivity contribution is 0.0960. The van der Waals surface area contributed by atoms with Crippen molar-refractivity contribution in [2.24, 2.45) is 0 Å². The largest absolute Gasteiger partial charge is 0.381 e. The van der Waals surface area contributed by atoms with Crippen molar-refractivity contribution in [3.8, 4) is 0 Å². The topological polar surface area (TPSA) is 41.1 Å². The smallest absolute Gasteiger partial charge is 0.252 e. The number of fused-ring (bicyclic) bond motifs is 1. The molecule has 136 valence electrons. The zero-order valence-electron chi connectivity index (χ0n) is 14.1. The Bertz CT molecular complexity index is 1030. The van der Waals surface area contributed by atoms with Gasteiger partial charge in [-0.15, -0.1) is 0 Å². The van der Waals surface area contributed by atoms with Gasteiger partial charge in [0.25, 0.3) is 5.91 Å². The SMILES string of the molecule is O=C1NC(c2cc(F)ccc2Cl)c2c(NCc3ccccc3)cc(Br)cc21. The zero-order chi connectivity index (χ0) is 19.0. The quantitative estimate of drug-likeness (QED) is 0.542. The second-order valence-electron chi connectivity index (χ2n) is 6.33. The van der Waals surface area contributed by atoms with Crippen LogP contribution < -0.4 is 10.6 Å². The van der Waals surface area contributed by atoms with Gasteiger partial charge in [-0.1, -0.05) is 57.9 Å². The van der Waals surface area contributed by atoms with Gasteiger partial charge < -0.3 is 10.6 Å². The van der Waals surface area contributed by atoms with Crippen molar-refractivity contribution in [1.29, 1.82) is 0 Å². The van der Waals surface area contributed by atoms with E-state index in [9.17, 15) is 9.18 Å². The van der Waals surface area contributed by atoms with E-state index in [4.69, 9.17) is 11.6 Å². The molecule has 1 heterocycles. The average molecular weight is 446 g/mol. The Morgan fingerprint density at radius 1 is 1.11 bits per heavy atom. The molecule has 0 saturated carbocycles. The van der Waals surface area contributed by atoms with Crippen LogP contribution in [0.25, 0.3) is 0 Å². The lowest BCUT2D eigenvalue weighted by atomic mass is 9.96. The Morgan fingerprint density at radius 3 is 2.67 bits per heavy atom. The maximum absolute atomic E-state index is 13.8. The number of nitrogens with one attached hydrogen (secondary N) is 2. The van der Waals surface area contributed by atoms with E-state index in [0.717, 1.165) is 21.3 Å². The van der Waals surface area contributed by atoms with Gasteiger partial charge in [-0.05, 0) is 35.9 Å². The van der Waals surface area contributed by atoms with Crippen molar-refractivity contribution in [2.75, 3.05) is 5.32 Å². The van der Waals surface area contributed by atoms with Crippen molar-refractivity contribution >= 4 is 39.1 Å². The van der Waals surface area contributed by atoms with E-state index in [-0.39, 0.29) is 5.91 Å². The van der Waals surface area contributed by atoms with Gasteiger partial charge in [-0.3, -0.25) is 4.79 Å². The number of carbonyl (C=O) groups excluding carboxylic acids is 1. The minimum atomic E-state index is -0.512. The predicted octanol–water partition coefficient (Wildman–Crippen LogP) is 5.69. The lowest BCUT2D eigenvalue weighted by Gasteiger charge is -2.19. The molecule has 0 aliphatic carbocycles. The van der Waals surface area contributed by atoms with E-state index in [1.54, 1.807) is 6.07 Å². The summed E-state index contributed by atoms with van der Waals surface area (Å²) in [5, 5.41) is 6.72. The van der Waals surface area contributed by atoms with Gasteiger partial charge in [0.15, 0.2) is 0 Å². The number of hydrogen-bond acceptors (Lipinski definition) is 2. The molecule has 1 aliphatic heterocycles. The minimum absolute atomic E-state index is 0.209. The number of hydrogen-bond donors (Lipinski definition) is 2. The summed E-state index contributed by atoms with van der Waals surface area (Å²) in [7, 11) is 0. The number of anilines is 1. The molecular formula is C21H15BrClFN2O. The van der Waals surface area contributed by atoms with Crippen molar-refractivity contribution in [2.45, 2.75) is 12.6 Å². The molecular weight excluding hydrogens is 431 g/mol. The molecule has 3 aromatic carbocycles. The molecule has 4 rings (SSSR count). The van der Waals surface area contributed by atoms with E-state index in [1.165, 1.54) is 18.2 Å². The molecule has 2 N–H and O–H groups in total. The van der Waals surface area contributed by atoms with E-state index in [0.29, 0.717) is 22.7 Å². The molecule has 1 atom stereocenters. The number of amides is 1. The maximum atomic E-state index is 13.8. The Morgan fingerprint density at radius 2 is 1.89 bits per heavy atom. The maximum Gasteiger partial charge on any atom is 0.252 e. The third kappa shape index (κ3) is 3.57. The van der Waals surface area contributed by atoms with Crippen LogP contribution in [0.2, 0.25) is 5.02 Å². The Balaban J connectivity index is 1.77. The standard InChI is InChI=1S/C21H15BrClFN2O/c22-13-8-16-19(18(9-13)25-11-12-4-2-1-3-5-12)20(26-21(16)27)15-10-14(24)6-7-17(15)23/h1-10,20,25H,11H2,(H,26,27). The minimum Gasteiger partial charge on any atom is -0.381 e. The Hall–Kier alpha value is -2.37. The molecule has 0 radical (unpaired) electrons. The Labute approximate surface area is 169 Å². The summed E-state index contributed by atoms with van der Waals surface area (Å²) in [4.78, 5) is 12.5. The van der Waals surface area contributed by atoms with E-state index < -0.39 is 11.9 Å². The van der Waals surface area contributed by atoms with Crippen LogP contribution in [0.15, 0.2) is 65.1 Å². The third-order valence-corrected chi connectivity index (χ3v) is 5.35. The van der Waals surface area contributed by atoms with Gasteiger partial charge in [0, 0.05) is 38.4 Å². The molecule has 1 aliphatic rings. The van der Waals surface area contributed by atoms with Crippen LogP contribution in [0.1, 0.15) is 33.1 Å². The van der Waals surface area contributed by atoms with E-state index in [2.05, 4.69) is 26.6 Å². The first-order valence-electron chi connectivity index (χ1n) is 8.40. The molecule has 1 amide bonds. The summed E-state index contributed by atoms with van der Waals surface area (Å²) in [5.41, 5.74) is 3.77. The number of carbonyl (C=O) groups is 1. The number of benzene rings is 3. The first-order valence-corrected chi connectivity index (χ1v) is 9.57. The summed E-state index contributed by atoms with van der Waals surface area (Å²) < 4.78 is 14.6. The summed E-state index contributed by atoms with van der Waals surface area (Å²) in [6.45, 7) is 0.599. The molecule has 0 fully saturated rings. The highest BCUT2D eigenvalue weighted by Crippen LogP contribution is 2.40. The highest BCUT2D eigenvalue weighted by atomic mass is 79.9. The number of halogens is 3. The molecule has 0 spiro atoms. The summed E-state index contributed by atoms with van der Waals surface area (Å²) >= 11 is 9.77. The van der Waals surface area contributed by atoms with Crippen LogP contribution in [0.4, 0.5) is 10.1 Å². The van der Waals surface area contributed by atoms with Crippen LogP contribution >= 0.6 is 27.5 Å². The van der Waals surface area contributed by atoms with Crippen LogP contribution in [0, 0.1) is 5.82 Å². The zero-order valence-corrected chi connectivity index (χ0v) is 16.4. The fraction of sp³-hybridized carbons (Fsp3) is 0.0952. The average Bonchev–Trinajstić information content (AvgIpc) is 2.99. The van der Waals surface area contributed by atoms with Gasteiger partial charge in [0.1, 0.15) is 5.82 Å². The van der Waals surface area contributed by atoms with Crippen LogP contribution in [-0.4, -0.2) is 5.91 Å². The molecule has 3 aromatic rings. The van der Waals surface area contributed by atoms with Gasteiger partial charge >= 0.3 is 0 Å². The third-order valence-electron chi connectivity index (χ3n) is 4.55. The summed E-state index contributed by atoms with van der Waals surface area (Å²) in [5.74, 6) is -0.604. The molecule has 0 saturated heterocycles. The number of rotatable bonds is 4. The van der Waals surface area contributed by atoms with Crippen molar-refractivity contribution in [1.82, 2.24) is 5.32 Å². The lowest BCUT2D eigenvalue weighted by Crippen LogP contribution is -2.20. The molecule has 6 heteroatoms. The molecule has 1 unspecified atom stereocenters. The normalized spacial score (nSPS) is 15.4. The van der Waals surface area contributed by atoms with Crippen molar-refractivity contribution in [3.05, 3.63) is 98.2 Å². The van der Waals surface area contributed by atoms with Crippen LogP contribution in [-0.2, 0) is 6.54 Å². The van der Waals surface area contributed by atoms with Gasteiger partial charge in [0.05, 0.1) is 6.04 Å². The molecule has 27 heavy (non-hydrogen) atoms. The summed E-state index contributed by atoms with van der Waals surface area (Å²) in [6, 6.07) is 17.3. The molecule has 0 bridgehead atoms. The van der Waals surface area contributed by atoms with E-state index >= 15 is 0 Å². The fourth-order valence-electron chi connectivity index (χ4n) is 3.31.